The Morgan fingerprint density at radius 3 is 2.52 bits per heavy atom. The number of hydrogen-bond donors (Lipinski definition) is 0. The number of rotatable bonds is 6. The summed E-state index contributed by atoms with van der Waals surface area (Å²) in [7, 11) is 1.39. The van der Waals surface area contributed by atoms with Crippen LogP contribution in [0.3, 0.4) is 0 Å². The molecule has 1 aromatic carbocycles. The summed E-state index contributed by atoms with van der Waals surface area (Å²) in [6, 6.07) is 9.90. The molecule has 23 heavy (non-hydrogen) atoms. The molecule has 5 nitrogen and oxygen atoms in total. The van der Waals surface area contributed by atoms with E-state index in [0.29, 0.717) is 19.4 Å². The molecule has 2 rings (SSSR count). The van der Waals surface area contributed by atoms with Crippen molar-refractivity contribution in [3.63, 3.8) is 0 Å². The molecule has 3 atom stereocenters. The van der Waals surface area contributed by atoms with Crippen LogP contribution in [0.2, 0.25) is 0 Å². The second-order valence-corrected chi connectivity index (χ2v) is 5.94. The van der Waals surface area contributed by atoms with Gasteiger partial charge in [-0.05, 0) is 30.7 Å². The van der Waals surface area contributed by atoms with E-state index in [4.69, 9.17) is 14.2 Å². The highest BCUT2D eigenvalue weighted by Crippen LogP contribution is 2.31. The van der Waals surface area contributed by atoms with E-state index in [1.807, 2.05) is 30.3 Å². The molecule has 0 unspecified atom stereocenters. The van der Waals surface area contributed by atoms with Crippen LogP contribution in [0.15, 0.2) is 30.3 Å². The Hall–Kier alpha value is -1.88. The molecule has 1 aliphatic carbocycles. The van der Waals surface area contributed by atoms with Crippen molar-refractivity contribution in [2.45, 2.75) is 51.4 Å². The monoisotopic (exact) mass is 320 g/mol. The zero-order valence-corrected chi connectivity index (χ0v) is 13.7. The van der Waals surface area contributed by atoms with Crippen LogP contribution in [0, 0.1) is 5.92 Å². The number of methoxy groups -OCH3 is 1. The van der Waals surface area contributed by atoms with Crippen molar-refractivity contribution in [2.24, 2.45) is 5.92 Å². The molecule has 1 saturated carbocycles. The average molecular weight is 320 g/mol. The number of carbonyl (C=O) groups is 2. The number of esters is 2. The summed E-state index contributed by atoms with van der Waals surface area (Å²) >= 11 is 0. The van der Waals surface area contributed by atoms with Crippen LogP contribution in [-0.2, 0) is 30.4 Å². The molecule has 0 spiro atoms. The predicted molar refractivity (Wildman–Crippen MR) is 84.5 cm³/mol. The minimum atomic E-state index is -0.318. The highest BCUT2D eigenvalue weighted by atomic mass is 16.6. The van der Waals surface area contributed by atoms with E-state index < -0.39 is 0 Å². The third-order valence-corrected chi connectivity index (χ3v) is 4.15. The van der Waals surface area contributed by atoms with Gasteiger partial charge in [-0.25, -0.2) is 0 Å². The van der Waals surface area contributed by atoms with Gasteiger partial charge in [-0.3, -0.25) is 9.59 Å². The smallest absolute Gasteiger partial charge is 0.305 e. The van der Waals surface area contributed by atoms with Gasteiger partial charge < -0.3 is 14.2 Å². The van der Waals surface area contributed by atoms with Gasteiger partial charge in [0.1, 0.15) is 6.10 Å². The first-order valence-electron chi connectivity index (χ1n) is 7.98. The summed E-state index contributed by atoms with van der Waals surface area (Å²) in [5, 5.41) is 0. The van der Waals surface area contributed by atoms with Crippen LogP contribution >= 0.6 is 0 Å². The molecule has 1 fully saturated rings. The summed E-state index contributed by atoms with van der Waals surface area (Å²) in [4.78, 5) is 22.8. The highest BCUT2D eigenvalue weighted by Gasteiger charge is 2.34. The number of benzene rings is 1. The van der Waals surface area contributed by atoms with Crippen LogP contribution in [0.1, 0.15) is 38.2 Å². The van der Waals surface area contributed by atoms with Crippen molar-refractivity contribution < 1.29 is 23.8 Å². The van der Waals surface area contributed by atoms with Gasteiger partial charge in [-0.1, -0.05) is 30.3 Å². The zero-order chi connectivity index (χ0) is 16.7. The van der Waals surface area contributed by atoms with Crippen molar-refractivity contribution >= 4 is 11.9 Å². The Balaban J connectivity index is 1.92. The van der Waals surface area contributed by atoms with Crippen LogP contribution in [0.5, 0.6) is 0 Å². The van der Waals surface area contributed by atoms with E-state index in [0.717, 1.165) is 18.4 Å². The summed E-state index contributed by atoms with van der Waals surface area (Å²) in [5.41, 5.74) is 1.09. The van der Waals surface area contributed by atoms with Gasteiger partial charge in [0, 0.05) is 13.3 Å². The van der Waals surface area contributed by atoms with Crippen molar-refractivity contribution in [1.29, 1.82) is 0 Å². The zero-order valence-electron chi connectivity index (χ0n) is 13.7. The van der Waals surface area contributed by atoms with Gasteiger partial charge in [-0.15, -0.1) is 0 Å². The largest absolute Gasteiger partial charge is 0.469 e. The normalized spacial score (nSPS) is 24.0. The lowest BCUT2D eigenvalue weighted by atomic mass is 9.83. The molecule has 1 aromatic rings. The highest BCUT2D eigenvalue weighted by molar-refractivity contribution is 5.69. The lowest BCUT2D eigenvalue weighted by molar-refractivity contribution is -0.162. The minimum Gasteiger partial charge on any atom is -0.469 e. The Bertz CT molecular complexity index is 513. The molecule has 0 radical (unpaired) electrons. The molecule has 0 amide bonds. The maximum Gasteiger partial charge on any atom is 0.305 e. The maximum absolute atomic E-state index is 11.4. The predicted octanol–water partition coefficient (Wildman–Crippen LogP) is 2.87. The SMILES string of the molecule is COC(=O)C[C@H]1CC[C@H](OCc2ccccc2)[C@H](OC(C)=O)C1. The molecule has 0 N–H and O–H groups in total. The minimum absolute atomic E-state index is 0.131. The summed E-state index contributed by atoms with van der Waals surface area (Å²) in [5.74, 6) is -0.370. The fourth-order valence-corrected chi connectivity index (χ4v) is 2.99. The lowest BCUT2D eigenvalue weighted by Gasteiger charge is -2.35. The van der Waals surface area contributed by atoms with Crippen LogP contribution in [-0.4, -0.2) is 31.3 Å². The van der Waals surface area contributed by atoms with Crippen molar-refractivity contribution in [3.8, 4) is 0 Å². The maximum atomic E-state index is 11.4. The quantitative estimate of drug-likeness (QED) is 0.754. The van der Waals surface area contributed by atoms with Crippen LogP contribution < -0.4 is 0 Å². The summed E-state index contributed by atoms with van der Waals surface area (Å²) in [6.07, 6.45) is 2.19. The van der Waals surface area contributed by atoms with Gasteiger partial charge in [0.15, 0.2) is 0 Å². The fraction of sp³-hybridized carbons (Fsp3) is 0.556. The fourth-order valence-electron chi connectivity index (χ4n) is 2.99. The summed E-state index contributed by atoms with van der Waals surface area (Å²) in [6.45, 7) is 1.89. The number of carbonyl (C=O) groups excluding carboxylic acids is 2. The molecule has 0 aliphatic heterocycles. The van der Waals surface area contributed by atoms with E-state index in [1.54, 1.807) is 0 Å². The number of ether oxygens (including phenoxy) is 3. The molecule has 0 saturated heterocycles. The standard InChI is InChI=1S/C18H24O5/c1-13(19)23-17-10-15(11-18(20)21-2)8-9-16(17)22-12-14-6-4-3-5-7-14/h3-7,15-17H,8-12H2,1-2H3/t15-,16-,17+/m0/s1. The van der Waals surface area contributed by atoms with E-state index in [1.165, 1.54) is 14.0 Å². The molecule has 126 valence electrons. The average Bonchev–Trinajstić information content (AvgIpc) is 2.54. The molecular formula is C18H24O5. The topological polar surface area (TPSA) is 61.8 Å². The first kappa shape index (κ1) is 17.5. The third kappa shape index (κ3) is 5.67. The second-order valence-electron chi connectivity index (χ2n) is 5.94. The van der Waals surface area contributed by atoms with Gasteiger partial charge in [0.2, 0.25) is 0 Å². The van der Waals surface area contributed by atoms with Gasteiger partial charge >= 0.3 is 11.9 Å². The molecule has 0 bridgehead atoms. The Labute approximate surface area is 136 Å². The first-order chi connectivity index (χ1) is 11.1. The van der Waals surface area contributed by atoms with E-state index in [9.17, 15) is 9.59 Å². The molecular weight excluding hydrogens is 296 g/mol. The lowest BCUT2D eigenvalue weighted by Crippen LogP contribution is -2.39. The van der Waals surface area contributed by atoms with Crippen molar-refractivity contribution in [2.75, 3.05) is 7.11 Å². The van der Waals surface area contributed by atoms with Crippen molar-refractivity contribution in [1.82, 2.24) is 0 Å². The first-order valence-corrected chi connectivity index (χ1v) is 7.98. The Morgan fingerprint density at radius 2 is 1.87 bits per heavy atom. The third-order valence-electron chi connectivity index (χ3n) is 4.15. The van der Waals surface area contributed by atoms with Gasteiger partial charge in [0.25, 0.3) is 0 Å². The van der Waals surface area contributed by atoms with E-state index >= 15 is 0 Å². The molecule has 0 aromatic heterocycles. The van der Waals surface area contributed by atoms with E-state index in [2.05, 4.69) is 0 Å². The van der Waals surface area contributed by atoms with Gasteiger partial charge in [0.05, 0.1) is 19.8 Å². The Morgan fingerprint density at radius 1 is 1.13 bits per heavy atom. The molecule has 5 heteroatoms. The van der Waals surface area contributed by atoms with Crippen molar-refractivity contribution in [3.05, 3.63) is 35.9 Å². The van der Waals surface area contributed by atoms with Crippen LogP contribution in [0.25, 0.3) is 0 Å². The van der Waals surface area contributed by atoms with Crippen LogP contribution in [0.4, 0.5) is 0 Å². The number of hydrogen-bond acceptors (Lipinski definition) is 5. The van der Waals surface area contributed by atoms with Gasteiger partial charge in [-0.2, -0.15) is 0 Å². The second kappa shape index (κ2) is 8.67. The van der Waals surface area contributed by atoms with E-state index in [-0.39, 0.29) is 30.1 Å². The summed E-state index contributed by atoms with van der Waals surface area (Å²) < 4.78 is 16.1. The Kier molecular flexibility index (Phi) is 6.59. The molecule has 1 aliphatic rings. The molecule has 0 heterocycles.